The summed E-state index contributed by atoms with van der Waals surface area (Å²) in [5.74, 6) is 1.01. The second-order valence-electron chi connectivity index (χ2n) is 6.82. The number of hydrogen-bond donors (Lipinski definition) is 0. The number of nitrogens with zero attached hydrogens (tertiary/aromatic N) is 3. The molecule has 0 aliphatic carbocycles. The van der Waals surface area contributed by atoms with Gasteiger partial charge < -0.3 is 0 Å². The summed E-state index contributed by atoms with van der Waals surface area (Å²) in [5, 5.41) is 0. The quantitative estimate of drug-likeness (QED) is 0.869. The van der Waals surface area contributed by atoms with Gasteiger partial charge in [-0.2, -0.15) is 0 Å². The van der Waals surface area contributed by atoms with Crippen molar-refractivity contribution in [2.24, 2.45) is 5.41 Å². The number of thiophene rings is 1. The number of rotatable bonds is 3. The molecule has 0 aromatic carbocycles. The van der Waals surface area contributed by atoms with Crippen LogP contribution in [0, 0.1) is 12.3 Å². The molecule has 1 atom stereocenters. The first-order valence-corrected chi connectivity index (χ1v) is 8.94. The fourth-order valence-corrected chi connectivity index (χ4v) is 4.78. The largest absolute Gasteiger partial charge is 0.298 e. The number of carbonyl (C=O) groups is 1. The Kier molecular flexibility index (Phi) is 3.70. The predicted octanol–water partition coefficient (Wildman–Crippen LogP) is 3.08. The van der Waals surface area contributed by atoms with Crippen LogP contribution < -0.4 is 4.90 Å². The fraction of sp³-hybridized carbons (Fsp3) is 0.444. The van der Waals surface area contributed by atoms with Crippen LogP contribution in [0.4, 0.5) is 5.82 Å². The minimum Gasteiger partial charge on any atom is -0.298 e. The van der Waals surface area contributed by atoms with Crippen LogP contribution in [-0.4, -0.2) is 35.4 Å². The van der Waals surface area contributed by atoms with Gasteiger partial charge in [0.2, 0.25) is 5.91 Å². The summed E-state index contributed by atoms with van der Waals surface area (Å²) in [6.45, 7) is 6.07. The number of likely N-dealkylation sites (tertiary alicyclic amines) is 1. The van der Waals surface area contributed by atoms with Gasteiger partial charge in [0.25, 0.3) is 0 Å². The van der Waals surface area contributed by atoms with Crippen LogP contribution >= 0.6 is 11.3 Å². The molecule has 4 heterocycles. The van der Waals surface area contributed by atoms with Crippen LogP contribution in [0.1, 0.15) is 22.6 Å². The summed E-state index contributed by atoms with van der Waals surface area (Å²) in [6.07, 6.45) is 3.52. The normalized spacial score (nSPS) is 24.9. The minimum atomic E-state index is 0.112. The Hall–Kier alpha value is -1.72. The standard InChI is InChI=1S/C18H21N3OS/c1-14-5-6-15(23-14)11-20-9-7-18(12-20)10-17(22)21(13-18)16-4-2-3-8-19-16/h2-6,8H,7,9-13H2,1H3/t18-/m1/s1. The van der Waals surface area contributed by atoms with Crippen LogP contribution in [-0.2, 0) is 11.3 Å². The van der Waals surface area contributed by atoms with Crippen molar-refractivity contribution >= 4 is 23.1 Å². The van der Waals surface area contributed by atoms with Gasteiger partial charge in [0.15, 0.2) is 0 Å². The number of amides is 1. The van der Waals surface area contributed by atoms with E-state index in [2.05, 4.69) is 28.9 Å². The number of hydrogen-bond acceptors (Lipinski definition) is 4. The van der Waals surface area contributed by atoms with Crippen molar-refractivity contribution in [1.82, 2.24) is 9.88 Å². The number of pyridine rings is 1. The molecule has 23 heavy (non-hydrogen) atoms. The molecule has 2 saturated heterocycles. The maximum atomic E-state index is 12.5. The Labute approximate surface area is 140 Å². The first kappa shape index (κ1) is 14.8. The molecule has 0 unspecified atom stereocenters. The SMILES string of the molecule is Cc1ccc(CN2CC[C@@]3(CC(=O)N(c4ccccn4)C3)C2)s1. The van der Waals surface area contributed by atoms with Crippen LogP contribution in [0.3, 0.4) is 0 Å². The Morgan fingerprint density at radius 2 is 2.17 bits per heavy atom. The molecule has 0 radical (unpaired) electrons. The molecule has 5 heteroatoms. The molecular weight excluding hydrogens is 306 g/mol. The van der Waals surface area contributed by atoms with E-state index in [0.29, 0.717) is 6.42 Å². The average molecular weight is 327 g/mol. The lowest BCUT2D eigenvalue weighted by molar-refractivity contribution is -0.117. The average Bonchev–Trinajstić information content (AvgIpc) is 3.22. The summed E-state index contributed by atoms with van der Waals surface area (Å²) in [6, 6.07) is 10.2. The molecule has 0 saturated carbocycles. The molecule has 4 rings (SSSR count). The molecule has 2 aromatic rings. The monoisotopic (exact) mass is 327 g/mol. The molecule has 2 aromatic heterocycles. The van der Waals surface area contributed by atoms with E-state index in [1.54, 1.807) is 6.20 Å². The highest BCUT2D eigenvalue weighted by atomic mass is 32.1. The molecule has 4 nitrogen and oxygen atoms in total. The topological polar surface area (TPSA) is 36.4 Å². The van der Waals surface area contributed by atoms with E-state index < -0.39 is 0 Å². The van der Waals surface area contributed by atoms with Gasteiger partial charge in [-0.15, -0.1) is 11.3 Å². The van der Waals surface area contributed by atoms with Crippen molar-refractivity contribution in [3.8, 4) is 0 Å². The maximum Gasteiger partial charge on any atom is 0.228 e. The van der Waals surface area contributed by atoms with Crippen molar-refractivity contribution < 1.29 is 4.79 Å². The second kappa shape index (κ2) is 5.73. The third kappa shape index (κ3) is 2.91. The van der Waals surface area contributed by atoms with E-state index in [1.807, 2.05) is 34.4 Å². The van der Waals surface area contributed by atoms with Crippen molar-refractivity contribution in [3.05, 3.63) is 46.3 Å². The first-order valence-electron chi connectivity index (χ1n) is 8.13. The highest BCUT2D eigenvalue weighted by Crippen LogP contribution is 2.42. The minimum absolute atomic E-state index is 0.112. The highest BCUT2D eigenvalue weighted by molar-refractivity contribution is 7.11. The van der Waals surface area contributed by atoms with E-state index in [4.69, 9.17) is 0 Å². The van der Waals surface area contributed by atoms with E-state index >= 15 is 0 Å². The molecule has 2 aliphatic rings. The van der Waals surface area contributed by atoms with Crippen molar-refractivity contribution in [2.45, 2.75) is 26.3 Å². The van der Waals surface area contributed by atoms with Crippen LogP contribution in [0.2, 0.25) is 0 Å². The number of aryl methyl sites for hydroxylation is 1. The van der Waals surface area contributed by atoms with E-state index in [1.165, 1.54) is 9.75 Å². The summed E-state index contributed by atoms with van der Waals surface area (Å²) >= 11 is 1.87. The third-order valence-corrected chi connectivity index (χ3v) is 5.92. The molecule has 0 N–H and O–H groups in total. The molecule has 1 spiro atoms. The Balaban J connectivity index is 1.45. The van der Waals surface area contributed by atoms with Gasteiger partial charge in [-0.05, 0) is 44.2 Å². The summed E-state index contributed by atoms with van der Waals surface area (Å²) < 4.78 is 0. The van der Waals surface area contributed by atoms with Gasteiger partial charge in [0, 0.05) is 47.4 Å². The van der Waals surface area contributed by atoms with E-state index in [-0.39, 0.29) is 11.3 Å². The Morgan fingerprint density at radius 3 is 2.91 bits per heavy atom. The summed E-state index contributed by atoms with van der Waals surface area (Å²) in [7, 11) is 0. The highest BCUT2D eigenvalue weighted by Gasteiger charge is 2.47. The summed E-state index contributed by atoms with van der Waals surface area (Å²) in [5.41, 5.74) is 0.112. The molecular formula is C18H21N3OS. The lowest BCUT2D eigenvalue weighted by atomic mass is 9.86. The van der Waals surface area contributed by atoms with Gasteiger partial charge in [-0.3, -0.25) is 14.6 Å². The fourth-order valence-electron chi connectivity index (χ4n) is 3.84. The molecule has 120 valence electrons. The first-order chi connectivity index (χ1) is 11.1. The lowest BCUT2D eigenvalue weighted by Crippen LogP contribution is -2.31. The smallest absolute Gasteiger partial charge is 0.228 e. The van der Waals surface area contributed by atoms with Crippen molar-refractivity contribution in [3.63, 3.8) is 0 Å². The van der Waals surface area contributed by atoms with Gasteiger partial charge in [0.1, 0.15) is 5.82 Å². The molecule has 2 aliphatic heterocycles. The van der Waals surface area contributed by atoms with E-state index in [0.717, 1.165) is 38.4 Å². The molecule has 0 bridgehead atoms. The van der Waals surface area contributed by atoms with Crippen molar-refractivity contribution in [1.29, 1.82) is 0 Å². The zero-order valence-electron chi connectivity index (χ0n) is 13.4. The van der Waals surface area contributed by atoms with Gasteiger partial charge in [0.05, 0.1) is 0 Å². The van der Waals surface area contributed by atoms with Crippen LogP contribution in [0.15, 0.2) is 36.5 Å². The van der Waals surface area contributed by atoms with Gasteiger partial charge in [-0.25, -0.2) is 4.98 Å². The van der Waals surface area contributed by atoms with Crippen LogP contribution in [0.5, 0.6) is 0 Å². The predicted molar refractivity (Wildman–Crippen MR) is 92.6 cm³/mol. The number of aromatic nitrogens is 1. The number of carbonyl (C=O) groups excluding carboxylic acids is 1. The molecule has 1 amide bonds. The second-order valence-corrected chi connectivity index (χ2v) is 8.19. The van der Waals surface area contributed by atoms with E-state index in [9.17, 15) is 4.79 Å². The zero-order valence-corrected chi connectivity index (χ0v) is 14.2. The van der Waals surface area contributed by atoms with Gasteiger partial charge >= 0.3 is 0 Å². The Bertz CT molecular complexity index is 714. The van der Waals surface area contributed by atoms with Crippen LogP contribution in [0.25, 0.3) is 0 Å². The zero-order chi connectivity index (χ0) is 15.9. The van der Waals surface area contributed by atoms with Crippen molar-refractivity contribution in [2.75, 3.05) is 24.5 Å². The third-order valence-electron chi connectivity index (χ3n) is 4.94. The molecule has 2 fully saturated rings. The maximum absolute atomic E-state index is 12.5. The Morgan fingerprint density at radius 1 is 1.26 bits per heavy atom. The summed E-state index contributed by atoms with van der Waals surface area (Å²) in [4.78, 5) is 24.0. The number of anilines is 1. The lowest BCUT2D eigenvalue weighted by Gasteiger charge is -2.23. The van der Waals surface area contributed by atoms with Gasteiger partial charge in [-0.1, -0.05) is 6.07 Å².